The number of benzene rings is 1. The monoisotopic (exact) mass is 247 g/mol. The van der Waals surface area contributed by atoms with Gasteiger partial charge in [-0.05, 0) is 42.7 Å². The smallest absolute Gasteiger partial charge is 0.0593 e. The number of hydrogen-bond acceptors (Lipinski definition) is 2. The third kappa shape index (κ3) is 3.56. The lowest BCUT2D eigenvalue weighted by Crippen LogP contribution is -2.24. The van der Waals surface area contributed by atoms with Crippen molar-refractivity contribution < 1.29 is 4.74 Å². The molecule has 1 heterocycles. The van der Waals surface area contributed by atoms with Gasteiger partial charge >= 0.3 is 0 Å². The molecule has 1 aliphatic rings. The Morgan fingerprint density at radius 2 is 1.83 bits per heavy atom. The molecule has 2 rings (SSSR count). The number of hydrogen-bond donors (Lipinski definition) is 1. The molecule has 18 heavy (non-hydrogen) atoms. The molecule has 0 spiro atoms. The molecule has 0 radical (unpaired) electrons. The molecule has 2 heteroatoms. The van der Waals surface area contributed by atoms with Gasteiger partial charge in [-0.15, -0.1) is 0 Å². The lowest BCUT2D eigenvalue weighted by atomic mass is 9.95. The van der Waals surface area contributed by atoms with E-state index in [2.05, 4.69) is 38.1 Å². The van der Waals surface area contributed by atoms with Crippen LogP contribution in [0.5, 0.6) is 0 Å². The molecule has 2 nitrogen and oxygen atoms in total. The molecule has 0 saturated carbocycles. The number of nitrogens with two attached hydrogens (primary N) is 1. The van der Waals surface area contributed by atoms with Gasteiger partial charge in [-0.1, -0.05) is 38.1 Å². The molecule has 0 amide bonds. The van der Waals surface area contributed by atoms with Gasteiger partial charge in [-0.2, -0.15) is 0 Å². The maximum Gasteiger partial charge on any atom is 0.0593 e. The molecular formula is C16H25NO. The lowest BCUT2D eigenvalue weighted by Gasteiger charge is -2.25. The Bertz CT molecular complexity index is 352. The van der Waals surface area contributed by atoms with Gasteiger partial charge in [0, 0.05) is 12.6 Å². The van der Waals surface area contributed by atoms with Crippen LogP contribution in [0.25, 0.3) is 0 Å². The fourth-order valence-corrected chi connectivity index (χ4v) is 2.54. The van der Waals surface area contributed by atoms with Crippen molar-refractivity contribution in [3.8, 4) is 0 Å². The van der Waals surface area contributed by atoms with Crippen LogP contribution in [-0.4, -0.2) is 12.7 Å². The van der Waals surface area contributed by atoms with Crippen LogP contribution in [0, 0.1) is 0 Å². The van der Waals surface area contributed by atoms with Gasteiger partial charge in [0.2, 0.25) is 0 Å². The summed E-state index contributed by atoms with van der Waals surface area (Å²) < 4.78 is 5.75. The molecule has 1 fully saturated rings. The maximum atomic E-state index is 6.27. The van der Waals surface area contributed by atoms with E-state index in [1.54, 1.807) is 0 Å². The van der Waals surface area contributed by atoms with Crippen LogP contribution in [0.15, 0.2) is 24.3 Å². The predicted octanol–water partition coefficient (Wildman–Crippen LogP) is 3.77. The van der Waals surface area contributed by atoms with Crippen LogP contribution in [0.3, 0.4) is 0 Å². The van der Waals surface area contributed by atoms with Crippen LogP contribution in [0.2, 0.25) is 0 Å². The summed E-state index contributed by atoms with van der Waals surface area (Å²) in [6, 6.07) is 8.84. The third-order valence-electron chi connectivity index (χ3n) is 3.82. The highest BCUT2D eigenvalue weighted by Crippen LogP contribution is 2.24. The van der Waals surface area contributed by atoms with Crippen molar-refractivity contribution in [2.45, 2.75) is 57.6 Å². The first-order valence-electron chi connectivity index (χ1n) is 7.14. The third-order valence-corrected chi connectivity index (χ3v) is 3.82. The van der Waals surface area contributed by atoms with Crippen molar-refractivity contribution in [2.75, 3.05) is 6.61 Å². The van der Waals surface area contributed by atoms with Crippen molar-refractivity contribution in [2.24, 2.45) is 5.73 Å². The minimum atomic E-state index is 0.106. The van der Waals surface area contributed by atoms with Gasteiger partial charge in [-0.25, -0.2) is 0 Å². The summed E-state index contributed by atoms with van der Waals surface area (Å²) in [6.07, 6.45) is 4.95. The second-order valence-corrected chi connectivity index (χ2v) is 5.65. The van der Waals surface area contributed by atoms with E-state index in [0.717, 1.165) is 19.4 Å². The van der Waals surface area contributed by atoms with E-state index >= 15 is 0 Å². The topological polar surface area (TPSA) is 35.2 Å². The Hall–Kier alpha value is -0.860. The lowest BCUT2D eigenvalue weighted by molar-refractivity contribution is 0.00729. The van der Waals surface area contributed by atoms with Gasteiger partial charge in [0.1, 0.15) is 0 Å². The van der Waals surface area contributed by atoms with E-state index in [4.69, 9.17) is 10.5 Å². The van der Waals surface area contributed by atoms with Crippen molar-refractivity contribution in [3.05, 3.63) is 35.4 Å². The SMILES string of the molecule is CC(C)c1ccc(C(N)CC2CCCCO2)cc1. The molecule has 2 N–H and O–H groups in total. The number of rotatable bonds is 4. The highest BCUT2D eigenvalue weighted by atomic mass is 16.5. The Morgan fingerprint density at radius 3 is 2.39 bits per heavy atom. The highest BCUT2D eigenvalue weighted by molar-refractivity contribution is 5.26. The van der Waals surface area contributed by atoms with E-state index in [0.29, 0.717) is 12.0 Å². The van der Waals surface area contributed by atoms with Crippen LogP contribution in [0.1, 0.15) is 62.6 Å². The number of ether oxygens (including phenoxy) is 1. The first-order valence-corrected chi connectivity index (χ1v) is 7.14. The van der Waals surface area contributed by atoms with Gasteiger partial charge in [-0.3, -0.25) is 0 Å². The van der Waals surface area contributed by atoms with Crippen LogP contribution in [0.4, 0.5) is 0 Å². The van der Waals surface area contributed by atoms with Crippen LogP contribution < -0.4 is 5.73 Å². The summed E-state index contributed by atoms with van der Waals surface area (Å²) in [5.74, 6) is 0.581. The first-order chi connectivity index (χ1) is 8.66. The molecule has 0 aliphatic carbocycles. The van der Waals surface area contributed by atoms with Crippen LogP contribution in [-0.2, 0) is 4.74 Å². The van der Waals surface area contributed by atoms with E-state index in [-0.39, 0.29) is 6.04 Å². The summed E-state index contributed by atoms with van der Waals surface area (Å²) in [5, 5.41) is 0. The van der Waals surface area contributed by atoms with Crippen molar-refractivity contribution >= 4 is 0 Å². The van der Waals surface area contributed by atoms with E-state index < -0.39 is 0 Å². The maximum absolute atomic E-state index is 6.27. The minimum Gasteiger partial charge on any atom is -0.378 e. The zero-order valence-electron chi connectivity index (χ0n) is 11.6. The van der Waals surface area contributed by atoms with Crippen LogP contribution >= 0.6 is 0 Å². The summed E-state index contributed by atoms with van der Waals surface area (Å²) in [4.78, 5) is 0. The summed E-state index contributed by atoms with van der Waals surface area (Å²) in [7, 11) is 0. The van der Waals surface area contributed by atoms with Gasteiger partial charge in [0.05, 0.1) is 6.10 Å². The Labute approximate surface area is 111 Å². The largest absolute Gasteiger partial charge is 0.378 e. The molecule has 100 valence electrons. The molecular weight excluding hydrogens is 222 g/mol. The zero-order valence-corrected chi connectivity index (χ0v) is 11.6. The van der Waals surface area contributed by atoms with Crippen molar-refractivity contribution in [3.63, 3.8) is 0 Å². The Morgan fingerprint density at radius 1 is 1.17 bits per heavy atom. The highest BCUT2D eigenvalue weighted by Gasteiger charge is 2.18. The van der Waals surface area contributed by atoms with E-state index in [1.807, 2.05) is 0 Å². The molecule has 0 bridgehead atoms. The predicted molar refractivity (Wildman–Crippen MR) is 75.7 cm³/mol. The summed E-state index contributed by atoms with van der Waals surface area (Å²) >= 11 is 0. The standard InChI is InChI=1S/C16H25NO/c1-12(2)13-6-8-14(9-7-13)16(17)11-15-5-3-4-10-18-15/h6-9,12,15-16H,3-5,10-11,17H2,1-2H3. The fraction of sp³-hybridized carbons (Fsp3) is 0.625. The zero-order chi connectivity index (χ0) is 13.0. The van der Waals surface area contributed by atoms with Gasteiger partial charge in [0.25, 0.3) is 0 Å². The van der Waals surface area contributed by atoms with Crippen molar-refractivity contribution in [1.82, 2.24) is 0 Å². The first kappa shape index (κ1) is 13.6. The summed E-state index contributed by atoms with van der Waals surface area (Å²) in [6.45, 7) is 5.33. The second-order valence-electron chi connectivity index (χ2n) is 5.65. The van der Waals surface area contributed by atoms with Crippen molar-refractivity contribution in [1.29, 1.82) is 0 Å². The molecule has 1 aromatic carbocycles. The minimum absolute atomic E-state index is 0.106. The van der Waals surface area contributed by atoms with Gasteiger partial charge in [0.15, 0.2) is 0 Å². The molecule has 1 aliphatic heterocycles. The Balaban J connectivity index is 1.93. The van der Waals surface area contributed by atoms with E-state index in [9.17, 15) is 0 Å². The average Bonchev–Trinajstić information content (AvgIpc) is 2.40. The normalized spacial score (nSPS) is 22.1. The quantitative estimate of drug-likeness (QED) is 0.879. The molecule has 0 aromatic heterocycles. The fourth-order valence-electron chi connectivity index (χ4n) is 2.54. The second kappa shape index (κ2) is 6.35. The molecule has 2 atom stereocenters. The van der Waals surface area contributed by atoms with E-state index in [1.165, 1.54) is 24.0 Å². The molecule has 2 unspecified atom stereocenters. The average molecular weight is 247 g/mol. The summed E-state index contributed by atoms with van der Waals surface area (Å²) in [5.41, 5.74) is 8.88. The van der Waals surface area contributed by atoms with Gasteiger partial charge < -0.3 is 10.5 Å². The molecule has 1 aromatic rings. The molecule has 1 saturated heterocycles. The Kier molecular flexibility index (Phi) is 4.79.